The SMILES string of the molecule is Cn1nc(C(F)(F)F)c2c1CCCCCCCC2. The van der Waals surface area contributed by atoms with Crippen LogP contribution in [0.25, 0.3) is 0 Å². The van der Waals surface area contributed by atoms with Gasteiger partial charge in [0.05, 0.1) is 0 Å². The molecule has 0 radical (unpaired) electrons. The van der Waals surface area contributed by atoms with E-state index in [-0.39, 0.29) is 0 Å². The van der Waals surface area contributed by atoms with Crippen molar-refractivity contribution in [1.82, 2.24) is 9.78 Å². The van der Waals surface area contributed by atoms with Crippen LogP contribution in [0, 0.1) is 0 Å². The lowest BCUT2D eigenvalue weighted by atomic mass is 9.97. The molecular weight excluding hydrogens is 241 g/mol. The van der Waals surface area contributed by atoms with E-state index in [1.165, 1.54) is 11.1 Å². The third-order valence-electron chi connectivity index (χ3n) is 3.63. The van der Waals surface area contributed by atoms with Crippen molar-refractivity contribution < 1.29 is 13.2 Å². The molecule has 5 heteroatoms. The van der Waals surface area contributed by atoms with Gasteiger partial charge in [-0.3, -0.25) is 4.68 Å². The van der Waals surface area contributed by atoms with Crippen LogP contribution >= 0.6 is 0 Å². The van der Waals surface area contributed by atoms with Crippen LogP contribution in [0.3, 0.4) is 0 Å². The molecule has 0 saturated heterocycles. The lowest BCUT2D eigenvalue weighted by Gasteiger charge is -2.11. The molecule has 0 aliphatic heterocycles. The van der Waals surface area contributed by atoms with Crippen molar-refractivity contribution in [2.45, 2.75) is 57.5 Å². The zero-order valence-electron chi connectivity index (χ0n) is 10.7. The second-order valence-electron chi connectivity index (χ2n) is 5.02. The Labute approximate surface area is 105 Å². The second-order valence-corrected chi connectivity index (χ2v) is 5.02. The predicted octanol–water partition coefficient (Wildman–Crippen LogP) is 3.88. The first kappa shape index (κ1) is 13.4. The number of nitrogens with zero attached hydrogens (tertiary/aromatic N) is 2. The number of halogens is 3. The summed E-state index contributed by atoms with van der Waals surface area (Å²) in [7, 11) is 1.62. The number of alkyl halides is 3. The van der Waals surface area contributed by atoms with Crippen molar-refractivity contribution in [2.24, 2.45) is 7.05 Å². The molecule has 0 saturated carbocycles. The van der Waals surface area contributed by atoms with Gasteiger partial charge in [-0.2, -0.15) is 18.3 Å². The van der Waals surface area contributed by atoms with Crippen LogP contribution < -0.4 is 0 Å². The zero-order chi connectivity index (χ0) is 13.2. The molecule has 18 heavy (non-hydrogen) atoms. The second kappa shape index (κ2) is 5.33. The number of hydrogen-bond donors (Lipinski definition) is 0. The Bertz CT molecular complexity index is 407. The van der Waals surface area contributed by atoms with E-state index in [0.29, 0.717) is 12.0 Å². The number of aromatic nitrogens is 2. The number of aryl methyl sites for hydroxylation is 1. The van der Waals surface area contributed by atoms with Crippen LogP contribution in [0.4, 0.5) is 13.2 Å². The Hall–Kier alpha value is -1.00. The first-order chi connectivity index (χ1) is 8.50. The Morgan fingerprint density at radius 2 is 1.50 bits per heavy atom. The average molecular weight is 260 g/mol. The minimum Gasteiger partial charge on any atom is -0.272 e. The van der Waals surface area contributed by atoms with E-state index in [9.17, 15) is 13.2 Å². The maximum absolute atomic E-state index is 12.9. The van der Waals surface area contributed by atoms with E-state index in [4.69, 9.17) is 0 Å². The molecular formula is C13H19F3N2. The van der Waals surface area contributed by atoms with E-state index >= 15 is 0 Å². The standard InChI is InChI=1S/C13H19F3N2/c1-18-11-9-7-5-3-2-4-6-8-10(11)12(17-18)13(14,15)16/h2-9H2,1H3. The van der Waals surface area contributed by atoms with E-state index < -0.39 is 11.9 Å². The van der Waals surface area contributed by atoms with Crippen molar-refractivity contribution in [3.8, 4) is 0 Å². The minimum absolute atomic E-state index is 0.437. The van der Waals surface area contributed by atoms with E-state index in [1.807, 2.05) is 0 Å². The Kier molecular flexibility index (Phi) is 3.97. The largest absolute Gasteiger partial charge is 0.435 e. The molecule has 1 aliphatic carbocycles. The zero-order valence-corrected chi connectivity index (χ0v) is 10.7. The fraction of sp³-hybridized carbons (Fsp3) is 0.769. The van der Waals surface area contributed by atoms with Gasteiger partial charge in [0.2, 0.25) is 0 Å². The number of fused-ring (bicyclic) bond motifs is 1. The average Bonchev–Trinajstić information content (AvgIpc) is 2.62. The highest BCUT2D eigenvalue weighted by atomic mass is 19.4. The van der Waals surface area contributed by atoms with Gasteiger partial charge >= 0.3 is 6.18 Å². The molecule has 0 N–H and O–H groups in total. The van der Waals surface area contributed by atoms with Crippen LogP contribution in [-0.4, -0.2) is 9.78 Å². The van der Waals surface area contributed by atoms with Gasteiger partial charge in [0.15, 0.2) is 5.69 Å². The Balaban J connectivity index is 2.35. The third-order valence-corrected chi connectivity index (χ3v) is 3.63. The first-order valence-electron chi connectivity index (χ1n) is 6.62. The molecule has 2 nitrogen and oxygen atoms in total. The molecule has 0 bridgehead atoms. The van der Waals surface area contributed by atoms with E-state index in [0.717, 1.165) is 44.2 Å². The van der Waals surface area contributed by atoms with Crippen molar-refractivity contribution in [2.75, 3.05) is 0 Å². The van der Waals surface area contributed by atoms with E-state index in [2.05, 4.69) is 5.10 Å². The van der Waals surface area contributed by atoms with Gasteiger partial charge in [0.25, 0.3) is 0 Å². The summed E-state index contributed by atoms with van der Waals surface area (Å²) >= 11 is 0. The van der Waals surface area contributed by atoms with Crippen LogP contribution in [0.1, 0.15) is 55.5 Å². The predicted molar refractivity (Wildman–Crippen MR) is 63.3 cm³/mol. The van der Waals surface area contributed by atoms with Gasteiger partial charge < -0.3 is 0 Å². The molecule has 0 unspecified atom stereocenters. The van der Waals surface area contributed by atoms with Crippen molar-refractivity contribution in [3.05, 3.63) is 17.0 Å². The van der Waals surface area contributed by atoms with Gasteiger partial charge in [-0.15, -0.1) is 0 Å². The van der Waals surface area contributed by atoms with Gasteiger partial charge in [-0.25, -0.2) is 0 Å². The lowest BCUT2D eigenvalue weighted by molar-refractivity contribution is -0.142. The van der Waals surface area contributed by atoms with Gasteiger partial charge in [-0.1, -0.05) is 25.7 Å². The smallest absolute Gasteiger partial charge is 0.272 e. The third kappa shape index (κ3) is 2.87. The summed E-state index contributed by atoms with van der Waals surface area (Å²) in [5, 5.41) is 3.70. The number of hydrogen-bond acceptors (Lipinski definition) is 1. The first-order valence-corrected chi connectivity index (χ1v) is 6.62. The van der Waals surface area contributed by atoms with Crippen molar-refractivity contribution >= 4 is 0 Å². The lowest BCUT2D eigenvalue weighted by Crippen LogP contribution is -2.10. The summed E-state index contributed by atoms with van der Waals surface area (Å²) in [5.41, 5.74) is 0.552. The van der Waals surface area contributed by atoms with Crippen molar-refractivity contribution in [3.63, 3.8) is 0 Å². The molecule has 1 aliphatic rings. The van der Waals surface area contributed by atoms with E-state index in [1.54, 1.807) is 7.05 Å². The molecule has 2 rings (SSSR count). The normalized spacial score (nSPS) is 18.4. The highest BCUT2D eigenvalue weighted by Crippen LogP contribution is 2.34. The van der Waals surface area contributed by atoms with Gasteiger partial charge in [0, 0.05) is 18.3 Å². The molecule has 1 aromatic heterocycles. The fourth-order valence-electron chi connectivity index (χ4n) is 2.71. The van der Waals surface area contributed by atoms with Crippen molar-refractivity contribution in [1.29, 1.82) is 0 Å². The molecule has 1 heterocycles. The van der Waals surface area contributed by atoms with Crippen LogP contribution in [0.5, 0.6) is 0 Å². The molecule has 0 aromatic carbocycles. The molecule has 0 spiro atoms. The fourth-order valence-corrected chi connectivity index (χ4v) is 2.71. The number of rotatable bonds is 0. The quantitative estimate of drug-likeness (QED) is 0.692. The minimum atomic E-state index is -4.32. The maximum Gasteiger partial charge on any atom is 0.435 e. The summed E-state index contributed by atoms with van der Waals surface area (Å²) in [6.45, 7) is 0. The molecule has 0 atom stereocenters. The molecule has 102 valence electrons. The monoisotopic (exact) mass is 260 g/mol. The topological polar surface area (TPSA) is 17.8 Å². The maximum atomic E-state index is 12.9. The van der Waals surface area contributed by atoms with Crippen LogP contribution in [0.2, 0.25) is 0 Å². The van der Waals surface area contributed by atoms with Gasteiger partial charge in [0.1, 0.15) is 0 Å². The van der Waals surface area contributed by atoms with Crippen LogP contribution in [-0.2, 0) is 26.1 Å². The summed E-state index contributed by atoms with van der Waals surface area (Å²) < 4.78 is 40.2. The summed E-state index contributed by atoms with van der Waals surface area (Å²) in [5.74, 6) is 0. The van der Waals surface area contributed by atoms with Gasteiger partial charge in [-0.05, 0) is 25.7 Å². The molecule has 0 fully saturated rings. The summed E-state index contributed by atoms with van der Waals surface area (Å²) in [6.07, 6.45) is 3.15. The Morgan fingerprint density at radius 3 is 2.11 bits per heavy atom. The highest BCUT2D eigenvalue weighted by Gasteiger charge is 2.38. The Morgan fingerprint density at radius 1 is 0.944 bits per heavy atom. The van der Waals surface area contributed by atoms with Crippen LogP contribution in [0.15, 0.2) is 0 Å². The molecule has 0 amide bonds. The molecule has 1 aromatic rings. The summed E-state index contributed by atoms with van der Waals surface area (Å²) in [6, 6.07) is 0. The summed E-state index contributed by atoms with van der Waals surface area (Å²) in [4.78, 5) is 0. The highest BCUT2D eigenvalue weighted by molar-refractivity contribution is 5.29.